The molecule has 0 fully saturated rings. The highest BCUT2D eigenvalue weighted by Crippen LogP contribution is 2.31. The summed E-state index contributed by atoms with van der Waals surface area (Å²) in [5.74, 6) is 0.713. The smallest absolute Gasteiger partial charge is 0.259 e. The van der Waals surface area contributed by atoms with E-state index in [2.05, 4.69) is 11.9 Å². The van der Waals surface area contributed by atoms with Crippen LogP contribution in [0.25, 0.3) is 0 Å². The minimum Gasteiger partial charge on any atom is -0.508 e. The van der Waals surface area contributed by atoms with E-state index in [-0.39, 0.29) is 30.9 Å². The Hall–Kier alpha value is -2.61. The molecule has 1 aliphatic carbocycles. The molecule has 2 rings (SSSR count). The van der Waals surface area contributed by atoms with Crippen LogP contribution in [-0.2, 0) is 16.0 Å². The lowest BCUT2D eigenvalue weighted by Gasteiger charge is -2.28. The van der Waals surface area contributed by atoms with E-state index in [0.717, 1.165) is 30.4 Å². The van der Waals surface area contributed by atoms with Gasteiger partial charge in [0.2, 0.25) is 0 Å². The summed E-state index contributed by atoms with van der Waals surface area (Å²) >= 11 is 0. The fraction of sp³-hybridized carbons (Fsp3) is 0.500. The zero-order chi connectivity index (χ0) is 24.5. The minimum absolute atomic E-state index is 0.00376. The van der Waals surface area contributed by atoms with Gasteiger partial charge in [-0.25, -0.2) is 0 Å². The van der Waals surface area contributed by atoms with Gasteiger partial charge in [0.05, 0.1) is 11.9 Å². The van der Waals surface area contributed by atoms with E-state index in [4.69, 9.17) is 9.84 Å². The van der Waals surface area contributed by atoms with Crippen molar-refractivity contribution in [1.82, 2.24) is 10.2 Å². The number of carbonyl (C=O) groups is 1. The molecule has 0 spiro atoms. The van der Waals surface area contributed by atoms with Crippen molar-refractivity contribution in [1.29, 1.82) is 0 Å². The highest BCUT2D eigenvalue weighted by Gasteiger charge is 2.22. The summed E-state index contributed by atoms with van der Waals surface area (Å²) in [6.07, 6.45) is 4.17. The SMILES string of the molecule is C=C(C)C1=C(/C=C(\C)OCC(=O)N(C)C)CC(NCC(O)c2ccc(O)c(CCO)c2)CC1. The van der Waals surface area contributed by atoms with Gasteiger partial charge in [-0.05, 0) is 80.0 Å². The normalized spacial score (nSPS) is 17.6. The molecule has 1 aromatic carbocycles. The molecule has 0 heterocycles. The zero-order valence-electron chi connectivity index (χ0n) is 20.2. The van der Waals surface area contributed by atoms with E-state index in [1.54, 1.807) is 32.3 Å². The number of aromatic hydroxyl groups is 1. The van der Waals surface area contributed by atoms with Gasteiger partial charge in [-0.1, -0.05) is 18.2 Å². The molecule has 7 nitrogen and oxygen atoms in total. The van der Waals surface area contributed by atoms with Crippen LogP contribution < -0.4 is 5.32 Å². The van der Waals surface area contributed by atoms with Gasteiger partial charge in [0.1, 0.15) is 5.75 Å². The summed E-state index contributed by atoms with van der Waals surface area (Å²) in [4.78, 5) is 13.3. The van der Waals surface area contributed by atoms with Crippen LogP contribution in [0.3, 0.4) is 0 Å². The number of likely N-dealkylation sites (N-methyl/N-ethyl adjacent to an activating group) is 1. The molecular weight excluding hydrogens is 420 g/mol. The topological polar surface area (TPSA) is 102 Å². The first kappa shape index (κ1) is 26.6. The van der Waals surface area contributed by atoms with Gasteiger partial charge in [-0.15, -0.1) is 0 Å². The van der Waals surface area contributed by atoms with E-state index in [1.807, 2.05) is 19.9 Å². The second-order valence-corrected chi connectivity index (χ2v) is 8.84. The van der Waals surface area contributed by atoms with Gasteiger partial charge in [-0.2, -0.15) is 0 Å². The van der Waals surface area contributed by atoms with Crippen LogP contribution in [0.4, 0.5) is 0 Å². The fourth-order valence-corrected chi connectivity index (χ4v) is 3.90. The van der Waals surface area contributed by atoms with Crippen LogP contribution in [0.1, 0.15) is 50.3 Å². The first-order valence-corrected chi connectivity index (χ1v) is 11.4. The average Bonchev–Trinajstić information content (AvgIpc) is 2.77. The van der Waals surface area contributed by atoms with Gasteiger partial charge in [0.25, 0.3) is 5.91 Å². The van der Waals surface area contributed by atoms with E-state index in [9.17, 15) is 15.0 Å². The van der Waals surface area contributed by atoms with Crippen LogP contribution in [0.15, 0.2) is 53.3 Å². The van der Waals surface area contributed by atoms with Gasteiger partial charge < -0.3 is 30.3 Å². The number of amides is 1. The number of hydrogen-bond donors (Lipinski definition) is 4. The molecule has 4 N–H and O–H groups in total. The number of aliphatic hydroxyl groups excluding tert-OH is 2. The predicted molar refractivity (Wildman–Crippen MR) is 130 cm³/mol. The molecule has 2 unspecified atom stereocenters. The number of benzene rings is 1. The number of allylic oxidation sites excluding steroid dienone is 4. The van der Waals surface area contributed by atoms with E-state index < -0.39 is 6.10 Å². The van der Waals surface area contributed by atoms with Crippen LogP contribution in [0.5, 0.6) is 5.75 Å². The number of phenolic OH excluding ortho intramolecular Hbond substituents is 1. The van der Waals surface area contributed by atoms with Crippen LogP contribution in [0.2, 0.25) is 0 Å². The highest BCUT2D eigenvalue weighted by molar-refractivity contribution is 5.76. The number of rotatable bonds is 11. The largest absolute Gasteiger partial charge is 0.508 e. The standard InChI is InChI=1S/C26H38N2O5/c1-17(2)23-8-7-22(14-21(23)12-18(3)33-16-26(32)28(4)5)27-15-25(31)19-6-9-24(30)20(13-19)10-11-29/h6,9,12-13,22,25,27,29-31H,1,7-8,10-11,14-16H2,2-5H3/b18-12+. The molecular formula is C26H38N2O5. The Balaban J connectivity index is 2.03. The van der Waals surface area contributed by atoms with Gasteiger partial charge in [0.15, 0.2) is 6.61 Å². The fourth-order valence-electron chi connectivity index (χ4n) is 3.90. The Morgan fingerprint density at radius 1 is 1.36 bits per heavy atom. The summed E-state index contributed by atoms with van der Waals surface area (Å²) in [5, 5.41) is 33.2. The quantitative estimate of drug-likeness (QED) is 0.380. The predicted octanol–water partition coefficient (Wildman–Crippen LogP) is 2.98. The number of nitrogens with zero attached hydrogens (tertiary/aromatic N) is 1. The Morgan fingerprint density at radius 2 is 2.09 bits per heavy atom. The lowest BCUT2D eigenvalue weighted by molar-refractivity contribution is -0.132. The summed E-state index contributed by atoms with van der Waals surface area (Å²) in [6, 6.07) is 5.17. The molecule has 0 saturated carbocycles. The lowest BCUT2D eigenvalue weighted by Crippen LogP contribution is -2.35. The number of carbonyl (C=O) groups excluding carboxylic acids is 1. The average molecular weight is 459 g/mol. The van der Waals surface area contributed by atoms with Gasteiger partial charge >= 0.3 is 0 Å². The number of ether oxygens (including phenoxy) is 1. The lowest BCUT2D eigenvalue weighted by atomic mass is 9.85. The molecule has 182 valence electrons. The van der Waals surface area contributed by atoms with Crippen molar-refractivity contribution in [2.24, 2.45) is 0 Å². The van der Waals surface area contributed by atoms with Crippen molar-refractivity contribution in [3.8, 4) is 5.75 Å². The zero-order valence-corrected chi connectivity index (χ0v) is 20.2. The first-order valence-electron chi connectivity index (χ1n) is 11.4. The van der Waals surface area contributed by atoms with Crippen molar-refractivity contribution < 1.29 is 24.9 Å². The Morgan fingerprint density at radius 3 is 2.73 bits per heavy atom. The maximum absolute atomic E-state index is 11.8. The molecule has 2 atom stereocenters. The summed E-state index contributed by atoms with van der Waals surface area (Å²) in [7, 11) is 3.40. The third kappa shape index (κ3) is 8.03. The summed E-state index contributed by atoms with van der Waals surface area (Å²) in [5.41, 5.74) is 4.69. The first-order chi connectivity index (χ1) is 15.6. The molecule has 0 aliphatic heterocycles. The molecule has 1 amide bonds. The highest BCUT2D eigenvalue weighted by atomic mass is 16.5. The van der Waals surface area contributed by atoms with Crippen molar-refractivity contribution in [3.63, 3.8) is 0 Å². The van der Waals surface area contributed by atoms with Crippen LogP contribution in [-0.4, -0.2) is 66.0 Å². The van der Waals surface area contributed by atoms with E-state index in [0.29, 0.717) is 29.9 Å². The van der Waals surface area contributed by atoms with Crippen LogP contribution >= 0.6 is 0 Å². The monoisotopic (exact) mass is 458 g/mol. The van der Waals surface area contributed by atoms with Gasteiger partial charge in [0, 0.05) is 33.3 Å². The minimum atomic E-state index is -0.726. The van der Waals surface area contributed by atoms with Crippen LogP contribution in [0, 0.1) is 0 Å². The third-order valence-electron chi connectivity index (χ3n) is 5.88. The van der Waals surface area contributed by atoms with Gasteiger partial charge in [-0.3, -0.25) is 4.79 Å². The molecule has 1 aliphatic rings. The van der Waals surface area contributed by atoms with E-state index in [1.165, 1.54) is 10.5 Å². The maximum atomic E-state index is 11.8. The third-order valence-corrected chi connectivity index (χ3v) is 5.88. The molecule has 0 aromatic heterocycles. The van der Waals surface area contributed by atoms with Crippen molar-refractivity contribution in [2.75, 3.05) is 33.9 Å². The maximum Gasteiger partial charge on any atom is 0.259 e. The summed E-state index contributed by atoms with van der Waals surface area (Å²) < 4.78 is 5.64. The molecule has 0 saturated heterocycles. The second kappa shape index (κ2) is 12.6. The second-order valence-electron chi connectivity index (χ2n) is 8.84. The van der Waals surface area contributed by atoms with E-state index >= 15 is 0 Å². The Kier molecular flexibility index (Phi) is 10.2. The molecule has 0 bridgehead atoms. The van der Waals surface area contributed by atoms with Crippen molar-refractivity contribution in [2.45, 2.75) is 51.7 Å². The molecule has 7 heteroatoms. The molecule has 1 aromatic rings. The summed E-state index contributed by atoms with van der Waals surface area (Å²) in [6.45, 7) is 8.28. The Labute approximate surface area is 197 Å². The number of phenols is 1. The molecule has 0 radical (unpaired) electrons. The number of hydrogen-bond acceptors (Lipinski definition) is 6. The number of nitrogens with one attached hydrogen (secondary N) is 1. The molecule has 33 heavy (non-hydrogen) atoms. The van der Waals surface area contributed by atoms with Crippen molar-refractivity contribution >= 4 is 5.91 Å². The number of aliphatic hydroxyl groups is 2. The van der Waals surface area contributed by atoms with Crippen molar-refractivity contribution in [3.05, 3.63) is 64.5 Å². The Bertz CT molecular complexity index is 904.